The number of ether oxygens (including phenoxy) is 1. The lowest BCUT2D eigenvalue weighted by molar-refractivity contribution is -0.117. The van der Waals surface area contributed by atoms with E-state index in [0.29, 0.717) is 55.8 Å². The SMILES string of the molecule is C/C(=N\OC(=O)N(CCC1NCCC1(C)C)C1COC1)[C@H]1CC[C@H]2[C@@H]3CCC4=CC(=O)CC[C@]4(C)[C@H]3CC[C@]12C. The van der Waals surface area contributed by atoms with Crippen LogP contribution in [-0.2, 0) is 14.4 Å². The summed E-state index contributed by atoms with van der Waals surface area (Å²) in [5.41, 5.74) is 3.06. The van der Waals surface area contributed by atoms with E-state index in [2.05, 4.69) is 45.1 Å². The zero-order chi connectivity index (χ0) is 28.3. The van der Waals surface area contributed by atoms with Crippen LogP contribution in [0.5, 0.6) is 0 Å². The van der Waals surface area contributed by atoms with Crippen molar-refractivity contribution < 1.29 is 19.2 Å². The summed E-state index contributed by atoms with van der Waals surface area (Å²) in [6.45, 7) is 14.5. The summed E-state index contributed by atoms with van der Waals surface area (Å²) in [4.78, 5) is 33.0. The van der Waals surface area contributed by atoms with Crippen molar-refractivity contribution in [2.75, 3.05) is 26.3 Å². The summed E-state index contributed by atoms with van der Waals surface area (Å²) in [6, 6.07) is 0.486. The molecule has 0 aromatic rings. The number of nitrogens with one attached hydrogen (secondary N) is 1. The molecule has 3 saturated carbocycles. The van der Waals surface area contributed by atoms with Crippen LogP contribution in [0.1, 0.15) is 98.8 Å². The third-order valence-corrected chi connectivity index (χ3v) is 12.8. The van der Waals surface area contributed by atoms with Crippen LogP contribution in [0.15, 0.2) is 16.8 Å². The molecule has 0 aromatic heterocycles. The second-order valence-electron chi connectivity index (χ2n) is 15.2. The fourth-order valence-electron chi connectivity index (χ4n) is 10.1. The largest absolute Gasteiger partial charge is 0.436 e. The van der Waals surface area contributed by atoms with Gasteiger partial charge in [0, 0.05) is 24.9 Å². The standard InChI is InChI=1S/C33H51N3O4/c1-21(35-40-30(38)36(23-19-39-20-23)17-12-29-31(2,3)15-16-34-29)26-8-9-27-25-7-6-22-18-24(37)10-13-32(22,4)28(25)11-14-33(26,27)5/h18,23,25-29,34H,6-17,19-20H2,1-5H3/b35-21+/t25-,26+,27-,28-,29?,32-,33+/m0/s1. The molecular formula is C33H51N3O4. The van der Waals surface area contributed by atoms with Gasteiger partial charge < -0.3 is 10.1 Å². The Kier molecular flexibility index (Phi) is 7.47. The minimum Gasteiger partial charge on any atom is -0.377 e. The van der Waals surface area contributed by atoms with E-state index >= 15 is 0 Å². The van der Waals surface area contributed by atoms with E-state index in [9.17, 15) is 9.59 Å². The second kappa shape index (κ2) is 10.5. The summed E-state index contributed by atoms with van der Waals surface area (Å²) in [5.74, 6) is 2.77. The van der Waals surface area contributed by atoms with E-state index < -0.39 is 0 Å². The monoisotopic (exact) mass is 553 g/mol. The number of hydrogen-bond acceptors (Lipinski definition) is 6. The van der Waals surface area contributed by atoms with Gasteiger partial charge in [0.15, 0.2) is 5.78 Å². The predicted molar refractivity (Wildman–Crippen MR) is 156 cm³/mol. The summed E-state index contributed by atoms with van der Waals surface area (Å²) in [5, 5.41) is 8.14. The quantitative estimate of drug-likeness (QED) is 0.243. The van der Waals surface area contributed by atoms with Crippen molar-refractivity contribution >= 4 is 17.6 Å². The average molecular weight is 554 g/mol. The van der Waals surface area contributed by atoms with Crippen molar-refractivity contribution in [1.82, 2.24) is 10.2 Å². The molecule has 2 aliphatic heterocycles. The number of amides is 1. The third-order valence-electron chi connectivity index (χ3n) is 12.8. The Bertz CT molecular complexity index is 1080. The normalized spacial score (nSPS) is 40.9. The van der Waals surface area contributed by atoms with Gasteiger partial charge in [-0.2, -0.15) is 0 Å². The molecule has 0 bridgehead atoms. The Morgan fingerprint density at radius 1 is 1.07 bits per heavy atom. The number of allylic oxidation sites excluding steroid dienone is 1. The molecular weight excluding hydrogens is 502 g/mol. The highest BCUT2D eigenvalue weighted by atomic mass is 16.7. The van der Waals surface area contributed by atoms with Gasteiger partial charge in [-0.05, 0) is 111 Å². The number of ketones is 1. The van der Waals surface area contributed by atoms with Gasteiger partial charge >= 0.3 is 6.09 Å². The molecule has 1 amide bonds. The first-order valence-corrected chi connectivity index (χ1v) is 16.1. The number of oxime groups is 1. The fraction of sp³-hybridized carbons (Fsp3) is 0.848. The van der Waals surface area contributed by atoms with Crippen molar-refractivity contribution in [2.24, 2.45) is 45.1 Å². The van der Waals surface area contributed by atoms with Crippen LogP contribution in [0, 0.1) is 39.9 Å². The van der Waals surface area contributed by atoms with E-state index in [1.54, 1.807) is 0 Å². The van der Waals surface area contributed by atoms with Gasteiger partial charge in [0.2, 0.25) is 0 Å². The number of carbonyl (C=O) groups is 2. The van der Waals surface area contributed by atoms with E-state index in [4.69, 9.17) is 9.57 Å². The smallest absolute Gasteiger partial charge is 0.377 e. The van der Waals surface area contributed by atoms with E-state index in [1.807, 2.05) is 11.0 Å². The maximum atomic E-state index is 13.3. The molecule has 0 spiro atoms. The molecule has 0 aromatic carbocycles. The molecule has 40 heavy (non-hydrogen) atoms. The van der Waals surface area contributed by atoms with Crippen molar-refractivity contribution in [2.45, 2.75) is 111 Å². The second-order valence-corrected chi connectivity index (χ2v) is 15.2. The highest BCUT2D eigenvalue weighted by molar-refractivity contribution is 5.91. The zero-order valence-electron chi connectivity index (χ0n) is 25.5. The molecule has 0 radical (unpaired) electrons. The highest BCUT2D eigenvalue weighted by Gasteiger charge is 2.59. The Morgan fingerprint density at radius 3 is 2.58 bits per heavy atom. The molecule has 5 fully saturated rings. The molecule has 1 N–H and O–H groups in total. The topological polar surface area (TPSA) is 80.2 Å². The van der Waals surface area contributed by atoms with Crippen molar-refractivity contribution in [3.63, 3.8) is 0 Å². The fourth-order valence-corrected chi connectivity index (χ4v) is 10.1. The Balaban J connectivity index is 1.11. The molecule has 222 valence electrons. The molecule has 2 heterocycles. The Hall–Kier alpha value is -1.73. The first-order valence-electron chi connectivity index (χ1n) is 16.1. The number of carbonyl (C=O) groups excluding carboxylic acids is 2. The van der Waals surface area contributed by atoms with Gasteiger partial charge in [0.1, 0.15) is 0 Å². The summed E-state index contributed by atoms with van der Waals surface area (Å²) in [6.07, 6.45) is 12.5. The van der Waals surface area contributed by atoms with E-state index in [1.165, 1.54) is 31.3 Å². The molecule has 2 saturated heterocycles. The minimum atomic E-state index is -0.335. The van der Waals surface area contributed by atoms with Crippen LogP contribution in [0.25, 0.3) is 0 Å². The van der Waals surface area contributed by atoms with Gasteiger partial charge in [-0.1, -0.05) is 38.4 Å². The maximum Gasteiger partial charge on any atom is 0.436 e. The molecule has 7 atom stereocenters. The van der Waals surface area contributed by atoms with Gasteiger partial charge in [-0.15, -0.1) is 0 Å². The van der Waals surface area contributed by atoms with Gasteiger partial charge in [0.25, 0.3) is 0 Å². The summed E-state index contributed by atoms with van der Waals surface area (Å²) >= 11 is 0. The Morgan fingerprint density at radius 2 is 1.88 bits per heavy atom. The predicted octanol–water partition coefficient (Wildman–Crippen LogP) is 6.13. The lowest BCUT2D eigenvalue weighted by Crippen LogP contribution is -2.53. The van der Waals surface area contributed by atoms with Crippen LogP contribution < -0.4 is 5.32 Å². The van der Waals surface area contributed by atoms with E-state index in [0.717, 1.165) is 50.3 Å². The van der Waals surface area contributed by atoms with Crippen molar-refractivity contribution in [3.8, 4) is 0 Å². The molecule has 1 unspecified atom stereocenters. The lowest BCUT2D eigenvalue weighted by atomic mass is 9.46. The summed E-state index contributed by atoms with van der Waals surface area (Å²) < 4.78 is 5.43. The van der Waals surface area contributed by atoms with Crippen LogP contribution in [-0.4, -0.2) is 60.9 Å². The van der Waals surface area contributed by atoms with Crippen molar-refractivity contribution in [1.29, 1.82) is 0 Å². The Labute approximate surface area is 240 Å². The van der Waals surface area contributed by atoms with Gasteiger partial charge in [-0.3, -0.25) is 14.5 Å². The molecule has 7 heteroatoms. The molecule has 7 nitrogen and oxygen atoms in total. The highest BCUT2D eigenvalue weighted by Crippen LogP contribution is 2.66. The number of nitrogens with zero attached hydrogens (tertiary/aromatic N) is 2. The number of rotatable bonds is 6. The van der Waals surface area contributed by atoms with Crippen molar-refractivity contribution in [3.05, 3.63) is 11.6 Å². The van der Waals surface area contributed by atoms with Gasteiger partial charge in [-0.25, -0.2) is 4.79 Å². The number of hydrogen-bond donors (Lipinski definition) is 1. The summed E-state index contributed by atoms with van der Waals surface area (Å²) in [7, 11) is 0. The maximum absolute atomic E-state index is 13.3. The first-order chi connectivity index (χ1) is 19.0. The molecule has 6 aliphatic rings. The minimum absolute atomic E-state index is 0.0814. The first kappa shape index (κ1) is 28.4. The third kappa shape index (κ3) is 4.77. The molecule has 6 rings (SSSR count). The number of fused-ring (bicyclic) bond motifs is 5. The van der Waals surface area contributed by atoms with Crippen LogP contribution in [0.4, 0.5) is 4.79 Å². The molecule has 4 aliphatic carbocycles. The lowest BCUT2D eigenvalue weighted by Gasteiger charge is -2.58. The van der Waals surface area contributed by atoms with E-state index in [-0.39, 0.29) is 28.4 Å². The zero-order valence-corrected chi connectivity index (χ0v) is 25.5. The van der Waals surface area contributed by atoms with Gasteiger partial charge in [0.05, 0.1) is 25.0 Å². The average Bonchev–Trinajstić information content (AvgIpc) is 3.42. The van der Waals surface area contributed by atoms with Crippen LogP contribution >= 0.6 is 0 Å². The van der Waals surface area contributed by atoms with Crippen LogP contribution in [0.3, 0.4) is 0 Å². The van der Waals surface area contributed by atoms with Crippen LogP contribution in [0.2, 0.25) is 0 Å².